The van der Waals surface area contributed by atoms with Gasteiger partial charge in [0, 0.05) is 17.1 Å². The number of primary amides is 1. The number of nitrogens with zero attached hydrogens (tertiary/aromatic N) is 1. The number of hydrogen-bond donors (Lipinski definition) is 1. The van der Waals surface area contributed by atoms with E-state index in [-0.39, 0.29) is 11.8 Å². The molecule has 1 heterocycles. The fourth-order valence-electron chi connectivity index (χ4n) is 6.24. The molecule has 0 saturated heterocycles. The van der Waals surface area contributed by atoms with Crippen LogP contribution in [0.25, 0.3) is 22.0 Å². The quantitative estimate of drug-likeness (QED) is 0.279. The number of pyridine rings is 1. The summed E-state index contributed by atoms with van der Waals surface area (Å²) in [5, 5.41) is 0.596. The predicted octanol–water partition coefficient (Wildman–Crippen LogP) is 8.49. The minimum absolute atomic E-state index is 0.184. The van der Waals surface area contributed by atoms with Crippen molar-refractivity contribution in [3.05, 3.63) is 101 Å². The Balaban J connectivity index is 1.43. The van der Waals surface area contributed by atoms with Crippen LogP contribution in [0.1, 0.15) is 77.9 Å². The molecule has 3 aromatic carbocycles. The lowest BCUT2D eigenvalue weighted by Crippen LogP contribution is -2.21. The first-order valence-corrected chi connectivity index (χ1v) is 13.2. The van der Waals surface area contributed by atoms with Crippen molar-refractivity contribution in [1.29, 1.82) is 0 Å². The molecule has 1 aliphatic carbocycles. The number of hydrogen-bond acceptors (Lipinski definition) is 2. The van der Waals surface area contributed by atoms with Gasteiger partial charge in [-0.3, -0.25) is 9.78 Å². The minimum Gasteiger partial charge on any atom is -0.366 e. The Kier molecular flexibility index (Phi) is 7.24. The average Bonchev–Trinajstić information content (AvgIpc) is 2.93. The molecule has 3 nitrogen and oxygen atoms in total. The number of benzene rings is 3. The minimum atomic E-state index is -4.39. The molecular weight excluding hydrogens is 485 g/mol. The summed E-state index contributed by atoms with van der Waals surface area (Å²) >= 11 is 0. The van der Waals surface area contributed by atoms with Crippen molar-refractivity contribution < 1.29 is 18.0 Å². The van der Waals surface area contributed by atoms with Gasteiger partial charge in [-0.2, -0.15) is 13.2 Å². The summed E-state index contributed by atoms with van der Waals surface area (Å²) < 4.78 is 40.2. The lowest BCUT2D eigenvalue weighted by Gasteiger charge is -2.35. The second kappa shape index (κ2) is 10.6. The highest BCUT2D eigenvalue weighted by molar-refractivity contribution is 5.94. The molecule has 0 spiro atoms. The van der Waals surface area contributed by atoms with Crippen molar-refractivity contribution in [3.8, 4) is 11.1 Å². The van der Waals surface area contributed by atoms with Crippen molar-refractivity contribution in [2.45, 2.75) is 57.0 Å². The number of halogens is 3. The molecule has 4 aromatic rings. The second-order valence-electron chi connectivity index (χ2n) is 10.3. The van der Waals surface area contributed by atoms with Crippen molar-refractivity contribution in [2.24, 2.45) is 11.7 Å². The smallest absolute Gasteiger partial charge is 0.366 e. The molecule has 2 N–H and O–H groups in total. The number of rotatable bonds is 6. The number of aromatic nitrogens is 1. The number of amides is 1. The Hall–Kier alpha value is -3.67. The third-order valence-corrected chi connectivity index (χ3v) is 8.14. The molecule has 0 bridgehead atoms. The molecule has 0 aliphatic heterocycles. The first kappa shape index (κ1) is 26.0. The first-order chi connectivity index (χ1) is 18.3. The number of nitrogens with two attached hydrogens (primary N) is 1. The number of carbonyl (C=O) groups is 1. The molecule has 6 heteroatoms. The van der Waals surface area contributed by atoms with Crippen LogP contribution in [0.3, 0.4) is 0 Å². The highest BCUT2D eigenvalue weighted by Crippen LogP contribution is 2.46. The average molecular weight is 517 g/mol. The summed E-state index contributed by atoms with van der Waals surface area (Å²) in [6, 6.07) is 21.6. The van der Waals surface area contributed by atoms with Crippen LogP contribution in [-0.4, -0.2) is 10.9 Å². The summed E-state index contributed by atoms with van der Waals surface area (Å²) in [6.07, 6.45) is 1.95. The second-order valence-corrected chi connectivity index (χ2v) is 10.3. The topological polar surface area (TPSA) is 56.0 Å². The lowest BCUT2D eigenvalue weighted by atomic mass is 9.69. The first-order valence-electron chi connectivity index (χ1n) is 13.2. The standard InChI is InChI=1S/C32H31F3N2O/c1-2-25(28-18-23(31(36)38)12-14-26(28)20-6-4-3-5-7-20)21-8-10-22(11-9-21)27-16-17-37-30-15-13-24(19-29(27)30)32(33,34)35/h3-7,12-19,21-22,25H,2,8-11H2,1H3,(H2,36,38). The Morgan fingerprint density at radius 1 is 0.974 bits per heavy atom. The van der Waals surface area contributed by atoms with E-state index in [0.717, 1.165) is 60.4 Å². The van der Waals surface area contributed by atoms with E-state index in [1.807, 2.05) is 36.4 Å². The molecule has 1 unspecified atom stereocenters. The van der Waals surface area contributed by atoms with E-state index >= 15 is 0 Å². The molecule has 5 rings (SSSR count). The van der Waals surface area contributed by atoms with Gasteiger partial charge in [0.1, 0.15) is 0 Å². The van der Waals surface area contributed by atoms with Gasteiger partial charge in [-0.25, -0.2) is 0 Å². The van der Waals surface area contributed by atoms with Gasteiger partial charge in [-0.05, 0) is 109 Å². The zero-order valence-electron chi connectivity index (χ0n) is 21.3. The highest BCUT2D eigenvalue weighted by Gasteiger charge is 2.33. The monoisotopic (exact) mass is 516 g/mol. The SMILES string of the molecule is CCC(c1cc(C(N)=O)ccc1-c1ccccc1)C1CCC(c2ccnc3ccc(C(F)(F)F)cc23)CC1. The maximum Gasteiger partial charge on any atom is 0.416 e. The fourth-order valence-corrected chi connectivity index (χ4v) is 6.24. The van der Waals surface area contributed by atoms with Crippen LogP contribution in [0.4, 0.5) is 13.2 Å². The predicted molar refractivity (Wildman–Crippen MR) is 145 cm³/mol. The van der Waals surface area contributed by atoms with Crippen LogP contribution < -0.4 is 5.73 Å². The summed E-state index contributed by atoms with van der Waals surface area (Å²) in [5.74, 6) is 0.396. The van der Waals surface area contributed by atoms with E-state index < -0.39 is 17.6 Å². The lowest BCUT2D eigenvalue weighted by molar-refractivity contribution is -0.137. The Morgan fingerprint density at radius 2 is 1.71 bits per heavy atom. The molecule has 38 heavy (non-hydrogen) atoms. The molecule has 1 fully saturated rings. The van der Waals surface area contributed by atoms with E-state index in [9.17, 15) is 18.0 Å². The number of carbonyl (C=O) groups excluding carboxylic acids is 1. The van der Waals surface area contributed by atoms with Crippen molar-refractivity contribution in [3.63, 3.8) is 0 Å². The van der Waals surface area contributed by atoms with Crippen LogP contribution in [0.2, 0.25) is 0 Å². The van der Waals surface area contributed by atoms with Crippen LogP contribution in [-0.2, 0) is 6.18 Å². The van der Waals surface area contributed by atoms with Gasteiger partial charge >= 0.3 is 6.18 Å². The molecule has 1 saturated carbocycles. The van der Waals surface area contributed by atoms with E-state index in [2.05, 4.69) is 24.0 Å². The third kappa shape index (κ3) is 5.17. The normalized spacial score (nSPS) is 18.8. The fraction of sp³-hybridized carbons (Fsp3) is 0.312. The van der Waals surface area contributed by atoms with Gasteiger partial charge in [0.05, 0.1) is 11.1 Å². The molecule has 1 atom stereocenters. The van der Waals surface area contributed by atoms with Gasteiger partial charge in [0.2, 0.25) is 5.91 Å². The van der Waals surface area contributed by atoms with Gasteiger partial charge in [-0.1, -0.05) is 43.3 Å². The highest BCUT2D eigenvalue weighted by atomic mass is 19.4. The van der Waals surface area contributed by atoms with E-state index in [4.69, 9.17) is 5.73 Å². The molecule has 1 aromatic heterocycles. The van der Waals surface area contributed by atoms with E-state index in [1.54, 1.807) is 12.3 Å². The maximum atomic E-state index is 13.4. The zero-order valence-corrected chi connectivity index (χ0v) is 21.3. The van der Waals surface area contributed by atoms with Crippen LogP contribution in [0.5, 0.6) is 0 Å². The zero-order chi connectivity index (χ0) is 26.9. The van der Waals surface area contributed by atoms with Crippen LogP contribution >= 0.6 is 0 Å². The largest absolute Gasteiger partial charge is 0.416 e. The third-order valence-electron chi connectivity index (χ3n) is 8.14. The molecule has 1 amide bonds. The van der Waals surface area contributed by atoms with E-state index in [0.29, 0.717) is 22.4 Å². The van der Waals surface area contributed by atoms with Crippen LogP contribution in [0, 0.1) is 5.92 Å². The Bertz CT molecular complexity index is 1440. The van der Waals surface area contributed by atoms with Crippen molar-refractivity contribution in [2.75, 3.05) is 0 Å². The van der Waals surface area contributed by atoms with Gasteiger partial charge in [0.15, 0.2) is 0 Å². The van der Waals surface area contributed by atoms with Gasteiger partial charge in [0.25, 0.3) is 0 Å². The Labute approximate surface area is 220 Å². The summed E-state index contributed by atoms with van der Waals surface area (Å²) in [7, 11) is 0. The van der Waals surface area contributed by atoms with E-state index in [1.165, 1.54) is 12.1 Å². The maximum absolute atomic E-state index is 13.4. The summed E-state index contributed by atoms with van der Waals surface area (Å²) in [5.41, 5.74) is 10.4. The van der Waals surface area contributed by atoms with Gasteiger partial charge in [-0.15, -0.1) is 0 Å². The number of fused-ring (bicyclic) bond motifs is 1. The summed E-state index contributed by atoms with van der Waals surface area (Å²) in [6.45, 7) is 2.18. The molecule has 196 valence electrons. The molecular formula is C32H31F3N2O. The molecule has 0 radical (unpaired) electrons. The molecule has 1 aliphatic rings. The van der Waals surface area contributed by atoms with Crippen molar-refractivity contribution >= 4 is 16.8 Å². The van der Waals surface area contributed by atoms with Crippen LogP contribution in [0.15, 0.2) is 79.0 Å². The number of alkyl halides is 3. The summed E-state index contributed by atoms with van der Waals surface area (Å²) in [4.78, 5) is 16.3. The van der Waals surface area contributed by atoms with Gasteiger partial charge < -0.3 is 5.73 Å². The Morgan fingerprint density at radius 3 is 2.37 bits per heavy atom. The van der Waals surface area contributed by atoms with Crippen molar-refractivity contribution in [1.82, 2.24) is 4.98 Å².